The van der Waals surface area contributed by atoms with E-state index in [1.54, 1.807) is 0 Å². The third-order valence-corrected chi connectivity index (χ3v) is 5.60. The Morgan fingerprint density at radius 3 is 2.67 bits per heavy atom. The van der Waals surface area contributed by atoms with E-state index in [1.165, 1.54) is 15.1 Å². The van der Waals surface area contributed by atoms with Gasteiger partial charge < -0.3 is 0 Å². The van der Waals surface area contributed by atoms with Crippen LogP contribution in [0.5, 0.6) is 0 Å². The lowest BCUT2D eigenvalue weighted by atomic mass is 10.2. The predicted octanol–water partition coefficient (Wildman–Crippen LogP) is 4.60. The Bertz CT molecular complexity index is 282. The summed E-state index contributed by atoms with van der Waals surface area (Å²) in [5.41, 5.74) is 0. The summed E-state index contributed by atoms with van der Waals surface area (Å²) in [6.45, 7) is 2.32. The Labute approximate surface area is 93.6 Å². The van der Waals surface area contributed by atoms with Crippen molar-refractivity contribution in [2.45, 2.75) is 18.2 Å². The van der Waals surface area contributed by atoms with Crippen molar-refractivity contribution in [3.63, 3.8) is 0 Å². The number of hydrogen-bond donors (Lipinski definition) is 0. The summed E-state index contributed by atoms with van der Waals surface area (Å²) in [6, 6.07) is 4.33. The molecule has 3 heteroatoms. The van der Waals surface area contributed by atoms with Crippen LogP contribution in [0.15, 0.2) is 15.9 Å². The van der Waals surface area contributed by atoms with Gasteiger partial charge in [-0.3, -0.25) is 0 Å². The molecule has 3 unspecified atom stereocenters. The van der Waals surface area contributed by atoms with E-state index in [4.69, 9.17) is 0 Å². The van der Waals surface area contributed by atoms with Crippen molar-refractivity contribution in [3.05, 3.63) is 20.8 Å². The first-order valence-corrected chi connectivity index (χ1v) is 6.60. The van der Waals surface area contributed by atoms with Crippen LogP contribution in [0, 0.1) is 11.8 Å². The van der Waals surface area contributed by atoms with Crippen molar-refractivity contribution in [2.24, 2.45) is 11.8 Å². The summed E-state index contributed by atoms with van der Waals surface area (Å²) in [4.78, 5) is 2.04. The average molecular weight is 310 g/mol. The van der Waals surface area contributed by atoms with Gasteiger partial charge >= 0.3 is 0 Å². The fourth-order valence-electron chi connectivity index (χ4n) is 1.45. The Hall–Kier alpha value is 0.660. The topological polar surface area (TPSA) is 0 Å². The van der Waals surface area contributed by atoms with Gasteiger partial charge in [0.2, 0.25) is 0 Å². The fourth-order valence-corrected chi connectivity index (χ4v) is 4.09. The maximum absolute atomic E-state index is 3.76. The highest BCUT2D eigenvalue weighted by atomic mass is 79.9. The van der Waals surface area contributed by atoms with Crippen LogP contribution in [0.1, 0.15) is 23.0 Å². The molecule has 0 aliphatic heterocycles. The van der Waals surface area contributed by atoms with E-state index >= 15 is 0 Å². The maximum Gasteiger partial charge on any atom is 0.0701 e. The monoisotopic (exact) mass is 308 g/mol. The molecule has 2 rings (SSSR count). The summed E-state index contributed by atoms with van der Waals surface area (Å²) >= 11 is 9.07. The molecule has 0 nitrogen and oxygen atoms in total. The molecular weight excluding hydrogens is 300 g/mol. The Balaban J connectivity index is 2.09. The molecule has 0 amide bonds. The largest absolute Gasteiger partial charge is 0.132 e. The van der Waals surface area contributed by atoms with Crippen molar-refractivity contribution < 1.29 is 0 Å². The quantitative estimate of drug-likeness (QED) is 0.700. The molecule has 0 bridgehead atoms. The van der Waals surface area contributed by atoms with E-state index in [0.29, 0.717) is 4.83 Å². The van der Waals surface area contributed by atoms with Gasteiger partial charge in [0.05, 0.1) is 8.61 Å². The molecule has 1 aromatic rings. The zero-order valence-corrected chi connectivity index (χ0v) is 10.7. The normalized spacial score (nSPS) is 30.2. The lowest BCUT2D eigenvalue weighted by Gasteiger charge is -2.04. The van der Waals surface area contributed by atoms with Crippen molar-refractivity contribution in [3.8, 4) is 0 Å². The number of hydrogen-bond acceptors (Lipinski definition) is 1. The molecule has 1 fully saturated rings. The second-order valence-electron chi connectivity index (χ2n) is 3.42. The summed E-state index contributed by atoms with van der Waals surface area (Å²) in [6.07, 6.45) is 1.38. The van der Waals surface area contributed by atoms with Crippen LogP contribution < -0.4 is 0 Å². The van der Waals surface area contributed by atoms with Crippen LogP contribution in [0.4, 0.5) is 0 Å². The van der Waals surface area contributed by atoms with E-state index in [0.717, 1.165) is 11.8 Å². The highest BCUT2D eigenvalue weighted by Gasteiger charge is 2.39. The molecular formula is C9H10Br2S. The van der Waals surface area contributed by atoms with E-state index in [-0.39, 0.29) is 0 Å². The number of alkyl halides is 1. The van der Waals surface area contributed by atoms with Gasteiger partial charge in [-0.15, -0.1) is 11.3 Å². The molecule has 66 valence electrons. The second kappa shape index (κ2) is 3.43. The number of thiophene rings is 1. The lowest BCUT2D eigenvalue weighted by Crippen LogP contribution is -1.89. The summed E-state index contributed by atoms with van der Waals surface area (Å²) in [5.74, 6) is 1.78. The minimum Gasteiger partial charge on any atom is -0.132 e. The van der Waals surface area contributed by atoms with Gasteiger partial charge in [0.15, 0.2) is 0 Å². The first-order valence-electron chi connectivity index (χ1n) is 4.08. The van der Waals surface area contributed by atoms with Gasteiger partial charge in [0, 0.05) is 4.88 Å². The van der Waals surface area contributed by atoms with Crippen molar-refractivity contribution in [1.82, 2.24) is 0 Å². The van der Waals surface area contributed by atoms with Gasteiger partial charge in [0.1, 0.15) is 0 Å². The maximum atomic E-state index is 3.76. The van der Waals surface area contributed by atoms with Gasteiger partial charge in [0.25, 0.3) is 0 Å². The number of rotatable bonds is 2. The smallest absolute Gasteiger partial charge is 0.0701 e. The van der Waals surface area contributed by atoms with E-state index in [1.807, 2.05) is 11.3 Å². The van der Waals surface area contributed by atoms with Crippen LogP contribution >= 0.6 is 43.2 Å². The molecule has 1 aromatic heterocycles. The zero-order chi connectivity index (χ0) is 8.72. The zero-order valence-electron chi connectivity index (χ0n) is 6.76. The minimum absolute atomic E-state index is 0.587. The van der Waals surface area contributed by atoms with Gasteiger partial charge in [-0.1, -0.05) is 22.9 Å². The van der Waals surface area contributed by atoms with Crippen molar-refractivity contribution in [2.75, 3.05) is 0 Å². The highest BCUT2D eigenvalue weighted by Crippen LogP contribution is 2.52. The van der Waals surface area contributed by atoms with Crippen LogP contribution in [0.2, 0.25) is 0 Å². The third kappa shape index (κ3) is 1.78. The third-order valence-electron chi connectivity index (χ3n) is 2.41. The lowest BCUT2D eigenvalue weighted by molar-refractivity contribution is 0.749. The molecule has 1 aliphatic carbocycles. The van der Waals surface area contributed by atoms with Crippen LogP contribution in [-0.2, 0) is 0 Å². The SMILES string of the molecule is CC1CC1C(Br)c1ccc(Br)s1. The predicted molar refractivity (Wildman–Crippen MR) is 61.0 cm³/mol. The first-order chi connectivity index (χ1) is 5.68. The van der Waals surface area contributed by atoms with Crippen molar-refractivity contribution >= 4 is 43.2 Å². The Kier molecular flexibility index (Phi) is 2.64. The number of halogens is 2. The van der Waals surface area contributed by atoms with Crippen LogP contribution in [0.3, 0.4) is 0 Å². The summed E-state index contributed by atoms with van der Waals surface area (Å²) in [5, 5.41) is 0. The van der Waals surface area contributed by atoms with Crippen LogP contribution in [0.25, 0.3) is 0 Å². The van der Waals surface area contributed by atoms with E-state index in [2.05, 4.69) is 50.9 Å². The molecule has 0 radical (unpaired) electrons. The minimum atomic E-state index is 0.587. The van der Waals surface area contributed by atoms with Crippen LogP contribution in [-0.4, -0.2) is 0 Å². The first kappa shape index (κ1) is 9.22. The van der Waals surface area contributed by atoms with Gasteiger partial charge in [-0.2, -0.15) is 0 Å². The fraction of sp³-hybridized carbons (Fsp3) is 0.556. The van der Waals surface area contributed by atoms with Gasteiger partial charge in [-0.25, -0.2) is 0 Å². The molecule has 3 atom stereocenters. The second-order valence-corrected chi connectivity index (χ2v) is 6.90. The molecule has 12 heavy (non-hydrogen) atoms. The van der Waals surface area contributed by atoms with E-state index < -0.39 is 0 Å². The average Bonchev–Trinajstić information content (AvgIpc) is 2.58. The Morgan fingerprint density at radius 2 is 2.25 bits per heavy atom. The van der Waals surface area contributed by atoms with Crippen molar-refractivity contribution in [1.29, 1.82) is 0 Å². The molecule has 1 saturated carbocycles. The summed E-state index contributed by atoms with van der Waals surface area (Å²) in [7, 11) is 0. The molecule has 1 aliphatic rings. The molecule has 0 saturated heterocycles. The molecule has 1 heterocycles. The molecule has 0 aromatic carbocycles. The highest BCUT2D eigenvalue weighted by molar-refractivity contribution is 9.11. The van der Waals surface area contributed by atoms with E-state index in [9.17, 15) is 0 Å². The summed E-state index contributed by atoms with van der Waals surface area (Å²) < 4.78 is 1.23. The standard InChI is InChI=1S/C9H10Br2S/c1-5-4-6(5)9(11)7-2-3-8(10)12-7/h2-3,5-6,9H,4H2,1H3. The van der Waals surface area contributed by atoms with Gasteiger partial charge in [-0.05, 0) is 46.3 Å². The molecule has 0 spiro atoms. The Morgan fingerprint density at radius 1 is 1.58 bits per heavy atom. The molecule has 0 N–H and O–H groups in total.